The average molecular weight is 225 g/mol. The van der Waals surface area contributed by atoms with Crippen molar-refractivity contribution in [1.29, 1.82) is 0 Å². The van der Waals surface area contributed by atoms with Gasteiger partial charge >= 0.3 is 0 Å². The molecule has 0 bridgehead atoms. The third kappa shape index (κ3) is 6.71. The zero-order chi connectivity index (χ0) is 7.98. The topological polar surface area (TPSA) is 0 Å². The molecule has 0 N–H and O–H groups in total. The molecule has 0 nitrogen and oxygen atoms in total. The standard InChI is InChI=1S/C8H10.C2H6.Y/c1-7-3-5-8(2)6-4-7;1-2;/h3-6H,1-2H3;1-2H3;. The van der Waals surface area contributed by atoms with E-state index < -0.39 is 0 Å². The minimum atomic E-state index is 0. The summed E-state index contributed by atoms with van der Waals surface area (Å²) in [7, 11) is 0. The summed E-state index contributed by atoms with van der Waals surface area (Å²) in [6.45, 7) is 8.19. The minimum absolute atomic E-state index is 0. The van der Waals surface area contributed by atoms with E-state index in [2.05, 4.69) is 38.1 Å². The van der Waals surface area contributed by atoms with Crippen LogP contribution in [-0.4, -0.2) is 0 Å². The fraction of sp³-hybridized carbons (Fsp3) is 0.400. The van der Waals surface area contributed by atoms with Crippen LogP contribution in [0, 0.1) is 13.8 Å². The van der Waals surface area contributed by atoms with Crippen molar-refractivity contribution in [2.24, 2.45) is 0 Å². The SMILES string of the molecule is CC.Cc1ccc(C)cc1.[Y]. The summed E-state index contributed by atoms with van der Waals surface area (Å²) >= 11 is 0. The molecule has 0 amide bonds. The van der Waals surface area contributed by atoms with Crippen LogP contribution in [0.1, 0.15) is 25.0 Å². The number of aryl methyl sites for hydroxylation is 2. The van der Waals surface area contributed by atoms with E-state index in [4.69, 9.17) is 0 Å². The predicted octanol–water partition coefficient (Wildman–Crippen LogP) is 3.33. The van der Waals surface area contributed by atoms with Crippen molar-refractivity contribution in [3.05, 3.63) is 35.4 Å². The van der Waals surface area contributed by atoms with E-state index in [1.807, 2.05) is 13.8 Å². The van der Waals surface area contributed by atoms with Crippen LogP contribution >= 0.6 is 0 Å². The van der Waals surface area contributed by atoms with Gasteiger partial charge in [0.25, 0.3) is 0 Å². The van der Waals surface area contributed by atoms with Gasteiger partial charge in [-0.25, -0.2) is 0 Å². The van der Waals surface area contributed by atoms with Gasteiger partial charge in [0.1, 0.15) is 0 Å². The van der Waals surface area contributed by atoms with Crippen molar-refractivity contribution in [2.75, 3.05) is 0 Å². The molecule has 1 aromatic carbocycles. The second-order valence-electron chi connectivity index (χ2n) is 2.15. The summed E-state index contributed by atoms with van der Waals surface area (Å²) in [6, 6.07) is 8.48. The van der Waals surface area contributed by atoms with Crippen LogP contribution in [0.15, 0.2) is 24.3 Å². The molecule has 1 rings (SSSR count). The van der Waals surface area contributed by atoms with Gasteiger partial charge < -0.3 is 0 Å². The second kappa shape index (κ2) is 8.42. The van der Waals surface area contributed by atoms with Crippen molar-refractivity contribution in [2.45, 2.75) is 27.7 Å². The number of rotatable bonds is 0. The van der Waals surface area contributed by atoms with Gasteiger partial charge in [0, 0.05) is 32.7 Å². The van der Waals surface area contributed by atoms with Crippen LogP contribution in [0.2, 0.25) is 0 Å². The second-order valence-corrected chi connectivity index (χ2v) is 2.15. The first-order valence-corrected chi connectivity index (χ1v) is 3.82. The molecule has 0 saturated carbocycles. The van der Waals surface area contributed by atoms with Crippen molar-refractivity contribution in [3.8, 4) is 0 Å². The van der Waals surface area contributed by atoms with E-state index in [9.17, 15) is 0 Å². The number of benzene rings is 1. The van der Waals surface area contributed by atoms with Crippen LogP contribution < -0.4 is 0 Å². The summed E-state index contributed by atoms with van der Waals surface area (Å²) in [5, 5.41) is 0. The molecule has 0 aromatic heterocycles. The summed E-state index contributed by atoms with van der Waals surface area (Å²) < 4.78 is 0. The van der Waals surface area contributed by atoms with E-state index in [1.165, 1.54) is 11.1 Å². The molecule has 59 valence electrons. The van der Waals surface area contributed by atoms with Crippen molar-refractivity contribution in [1.82, 2.24) is 0 Å². The van der Waals surface area contributed by atoms with Crippen molar-refractivity contribution >= 4 is 0 Å². The number of hydrogen-bond acceptors (Lipinski definition) is 0. The maximum Gasteiger partial charge on any atom is 0 e. The average Bonchev–Trinajstić information content (AvgIpc) is 2.00. The molecule has 1 radical (unpaired) electrons. The zero-order valence-corrected chi connectivity index (χ0v) is 10.7. The monoisotopic (exact) mass is 225 g/mol. The van der Waals surface area contributed by atoms with E-state index in [1.54, 1.807) is 0 Å². The molecule has 0 unspecified atom stereocenters. The smallest absolute Gasteiger partial charge is 0 e. The first-order chi connectivity index (χ1) is 4.79. The Balaban J connectivity index is 0. The Kier molecular flexibility index (Phi) is 10.6. The number of hydrogen-bond donors (Lipinski definition) is 0. The Bertz CT molecular complexity index is 144. The van der Waals surface area contributed by atoms with Gasteiger partial charge in [0.05, 0.1) is 0 Å². The van der Waals surface area contributed by atoms with Crippen LogP contribution in [-0.2, 0) is 32.7 Å². The molecular formula is C10H16Y. The first kappa shape index (κ1) is 13.9. The quantitative estimate of drug-likeness (QED) is 0.635. The van der Waals surface area contributed by atoms with Crippen molar-refractivity contribution in [3.63, 3.8) is 0 Å². The van der Waals surface area contributed by atoms with E-state index in [0.717, 1.165) is 0 Å². The molecule has 0 spiro atoms. The Morgan fingerprint density at radius 1 is 0.727 bits per heavy atom. The maximum atomic E-state index is 2.12. The molecule has 0 fully saturated rings. The van der Waals surface area contributed by atoms with Gasteiger partial charge in [-0.3, -0.25) is 0 Å². The Hall–Kier alpha value is 0.324. The molecule has 0 aliphatic rings. The summed E-state index contributed by atoms with van der Waals surface area (Å²) in [4.78, 5) is 0. The molecule has 0 atom stereocenters. The molecule has 1 heteroatoms. The Morgan fingerprint density at radius 2 is 0.909 bits per heavy atom. The summed E-state index contributed by atoms with van der Waals surface area (Å²) in [6.07, 6.45) is 0. The maximum absolute atomic E-state index is 2.12. The van der Waals surface area contributed by atoms with Gasteiger partial charge in [-0.2, -0.15) is 0 Å². The minimum Gasteiger partial charge on any atom is -0.0683 e. The first-order valence-electron chi connectivity index (χ1n) is 3.82. The van der Waals surface area contributed by atoms with Gasteiger partial charge in [0.15, 0.2) is 0 Å². The molecule has 11 heavy (non-hydrogen) atoms. The largest absolute Gasteiger partial charge is 0.0683 e. The van der Waals surface area contributed by atoms with Gasteiger partial charge in [-0.15, -0.1) is 0 Å². The zero-order valence-electron chi connectivity index (χ0n) is 7.89. The molecular weight excluding hydrogens is 209 g/mol. The van der Waals surface area contributed by atoms with E-state index in [-0.39, 0.29) is 32.7 Å². The Labute approximate surface area is 95.3 Å². The fourth-order valence-corrected chi connectivity index (χ4v) is 0.637. The predicted molar refractivity (Wildman–Crippen MR) is 47.3 cm³/mol. The normalized spacial score (nSPS) is 7.27. The third-order valence-corrected chi connectivity index (χ3v) is 1.22. The van der Waals surface area contributed by atoms with Gasteiger partial charge in [-0.05, 0) is 13.8 Å². The molecule has 0 heterocycles. The molecule has 0 saturated heterocycles. The fourth-order valence-electron chi connectivity index (χ4n) is 0.637. The van der Waals surface area contributed by atoms with Crippen LogP contribution in [0.5, 0.6) is 0 Å². The van der Waals surface area contributed by atoms with Crippen LogP contribution in [0.25, 0.3) is 0 Å². The van der Waals surface area contributed by atoms with Crippen molar-refractivity contribution < 1.29 is 32.7 Å². The molecule has 0 aliphatic heterocycles. The van der Waals surface area contributed by atoms with Gasteiger partial charge in [0.2, 0.25) is 0 Å². The van der Waals surface area contributed by atoms with Crippen LogP contribution in [0.4, 0.5) is 0 Å². The Morgan fingerprint density at radius 3 is 1.09 bits per heavy atom. The van der Waals surface area contributed by atoms with E-state index in [0.29, 0.717) is 0 Å². The molecule has 0 aliphatic carbocycles. The summed E-state index contributed by atoms with van der Waals surface area (Å²) in [5.74, 6) is 0. The van der Waals surface area contributed by atoms with Gasteiger partial charge in [-0.1, -0.05) is 49.2 Å². The van der Waals surface area contributed by atoms with E-state index >= 15 is 0 Å². The third-order valence-electron chi connectivity index (χ3n) is 1.22. The van der Waals surface area contributed by atoms with Crippen LogP contribution in [0.3, 0.4) is 0 Å². The molecule has 1 aromatic rings. The summed E-state index contributed by atoms with van der Waals surface area (Å²) in [5.41, 5.74) is 2.66.